The summed E-state index contributed by atoms with van der Waals surface area (Å²) >= 11 is 0. The molecule has 1 amide bonds. The van der Waals surface area contributed by atoms with E-state index < -0.39 is 49.5 Å². The molecule has 11 heteroatoms. The van der Waals surface area contributed by atoms with Crippen LogP contribution in [0.2, 0.25) is 0 Å². The Morgan fingerprint density at radius 2 is 1.13 bits per heavy atom. The first-order valence-corrected chi connectivity index (χ1v) is 24.0. The summed E-state index contributed by atoms with van der Waals surface area (Å²) in [6.45, 7) is 3.93. The van der Waals surface area contributed by atoms with E-state index in [9.17, 15) is 35.1 Å². The largest absolute Gasteiger partial charge is 0.466 e. The molecule has 61 heavy (non-hydrogen) atoms. The third kappa shape index (κ3) is 31.0. The van der Waals surface area contributed by atoms with Gasteiger partial charge < -0.3 is 45.1 Å². The zero-order valence-electron chi connectivity index (χ0n) is 38.1. The van der Waals surface area contributed by atoms with Crippen LogP contribution in [-0.2, 0) is 23.8 Å². The van der Waals surface area contributed by atoms with E-state index in [1.54, 1.807) is 6.08 Å². The molecular formula is C50H87NO10. The Bertz CT molecular complexity index is 1200. The molecule has 0 saturated carbocycles. The van der Waals surface area contributed by atoms with Crippen molar-refractivity contribution < 1.29 is 49.3 Å². The number of ether oxygens (including phenoxy) is 3. The maximum absolute atomic E-state index is 12.9. The predicted molar refractivity (Wildman–Crippen MR) is 246 cm³/mol. The van der Waals surface area contributed by atoms with Crippen LogP contribution in [0.25, 0.3) is 0 Å². The first kappa shape index (κ1) is 56.4. The Morgan fingerprint density at radius 1 is 0.623 bits per heavy atom. The number of aliphatic hydroxyl groups excluding tert-OH is 5. The fourth-order valence-electron chi connectivity index (χ4n) is 6.99. The molecule has 1 fully saturated rings. The van der Waals surface area contributed by atoms with Gasteiger partial charge >= 0.3 is 5.97 Å². The number of esters is 1. The topological polar surface area (TPSA) is 175 Å². The second-order valence-electron chi connectivity index (χ2n) is 16.4. The summed E-state index contributed by atoms with van der Waals surface area (Å²) in [6.07, 6.45) is 39.0. The minimum Gasteiger partial charge on any atom is -0.466 e. The highest BCUT2D eigenvalue weighted by molar-refractivity contribution is 5.76. The molecule has 1 saturated heterocycles. The van der Waals surface area contributed by atoms with Gasteiger partial charge in [0.2, 0.25) is 5.91 Å². The number of carbonyl (C=O) groups is 2. The van der Waals surface area contributed by atoms with Crippen LogP contribution in [0.15, 0.2) is 60.8 Å². The Labute approximate surface area is 369 Å². The van der Waals surface area contributed by atoms with Crippen LogP contribution in [0.1, 0.15) is 181 Å². The fourth-order valence-corrected chi connectivity index (χ4v) is 6.99. The van der Waals surface area contributed by atoms with Gasteiger partial charge in [-0.1, -0.05) is 125 Å². The summed E-state index contributed by atoms with van der Waals surface area (Å²) in [5.41, 5.74) is 0. The van der Waals surface area contributed by atoms with Crippen LogP contribution in [0.4, 0.5) is 0 Å². The van der Waals surface area contributed by atoms with Crippen molar-refractivity contribution in [2.75, 3.05) is 19.8 Å². The Kier molecular flexibility index (Phi) is 37.1. The second-order valence-corrected chi connectivity index (χ2v) is 16.4. The van der Waals surface area contributed by atoms with Gasteiger partial charge in [0, 0.05) is 12.8 Å². The quantitative estimate of drug-likeness (QED) is 0.0199. The van der Waals surface area contributed by atoms with Gasteiger partial charge in [0.1, 0.15) is 24.4 Å². The molecule has 0 aliphatic carbocycles. The molecule has 352 valence electrons. The van der Waals surface area contributed by atoms with Gasteiger partial charge in [0.15, 0.2) is 6.29 Å². The lowest BCUT2D eigenvalue weighted by molar-refractivity contribution is -0.302. The van der Waals surface area contributed by atoms with Crippen LogP contribution < -0.4 is 5.32 Å². The smallest absolute Gasteiger partial charge is 0.305 e. The van der Waals surface area contributed by atoms with Crippen LogP contribution in [0.5, 0.6) is 0 Å². The first-order chi connectivity index (χ1) is 29.7. The predicted octanol–water partition coefficient (Wildman–Crippen LogP) is 9.16. The van der Waals surface area contributed by atoms with Crippen molar-refractivity contribution in [3.63, 3.8) is 0 Å². The number of unbranched alkanes of at least 4 members (excludes halogenated alkanes) is 18. The number of allylic oxidation sites excluding steroid dienone is 9. The van der Waals surface area contributed by atoms with E-state index in [1.165, 1.54) is 57.8 Å². The van der Waals surface area contributed by atoms with Crippen LogP contribution in [0, 0.1) is 0 Å². The van der Waals surface area contributed by atoms with Gasteiger partial charge in [-0.2, -0.15) is 0 Å². The molecule has 7 unspecified atom stereocenters. The lowest BCUT2D eigenvalue weighted by Gasteiger charge is -2.40. The normalized spacial score (nSPS) is 20.8. The van der Waals surface area contributed by atoms with E-state index in [2.05, 4.69) is 54.8 Å². The number of rotatable bonds is 39. The number of amides is 1. The van der Waals surface area contributed by atoms with E-state index in [0.717, 1.165) is 83.5 Å². The highest BCUT2D eigenvalue weighted by Crippen LogP contribution is 2.22. The van der Waals surface area contributed by atoms with Gasteiger partial charge in [-0.3, -0.25) is 9.59 Å². The van der Waals surface area contributed by atoms with E-state index >= 15 is 0 Å². The molecule has 0 aromatic rings. The summed E-state index contributed by atoms with van der Waals surface area (Å²) in [6, 6.07) is -0.855. The maximum atomic E-state index is 12.9. The first-order valence-electron chi connectivity index (χ1n) is 24.0. The Morgan fingerprint density at radius 3 is 1.72 bits per heavy atom. The molecule has 6 N–H and O–H groups in total. The van der Waals surface area contributed by atoms with E-state index in [0.29, 0.717) is 25.9 Å². The summed E-state index contributed by atoms with van der Waals surface area (Å²) < 4.78 is 16.5. The van der Waals surface area contributed by atoms with Crippen molar-refractivity contribution in [2.45, 2.75) is 224 Å². The van der Waals surface area contributed by atoms with E-state index in [-0.39, 0.29) is 24.9 Å². The summed E-state index contributed by atoms with van der Waals surface area (Å²) in [7, 11) is 0. The molecule has 0 radical (unpaired) electrons. The molecule has 0 bridgehead atoms. The molecule has 1 aliphatic heterocycles. The number of aliphatic hydroxyl groups is 5. The van der Waals surface area contributed by atoms with Crippen LogP contribution in [-0.4, -0.2) is 100 Å². The molecule has 7 atom stereocenters. The van der Waals surface area contributed by atoms with E-state index in [1.807, 2.05) is 19.1 Å². The van der Waals surface area contributed by atoms with Crippen molar-refractivity contribution >= 4 is 11.9 Å². The molecule has 1 heterocycles. The standard InChI is InChI=1S/C50H87NO10/c1-3-5-7-9-11-13-14-15-18-22-26-30-34-38-46(55)59-39-35-31-27-23-19-16-17-21-25-29-33-37-45(54)51-42(43(53)36-32-28-24-20-12-10-8-6-4-2)41-60-50-49(58)48(57)47(56)44(40-52)61-50/h4,6,12-14,19-20,23,32,36,42-44,47-50,52-53,56-58H,3,5,7-11,15-18,21-22,24-31,33-35,37-41H2,1-2H3,(H,51,54)/b6-4+,14-13-,20-12+,23-19-,36-32+. The highest BCUT2D eigenvalue weighted by Gasteiger charge is 2.44. The molecular weight excluding hydrogens is 775 g/mol. The molecule has 0 aromatic carbocycles. The van der Waals surface area contributed by atoms with Crippen molar-refractivity contribution in [1.82, 2.24) is 5.32 Å². The average molecular weight is 862 g/mol. The number of hydrogen-bond donors (Lipinski definition) is 6. The monoisotopic (exact) mass is 862 g/mol. The van der Waals surface area contributed by atoms with Crippen LogP contribution >= 0.6 is 0 Å². The molecule has 1 rings (SSSR count). The van der Waals surface area contributed by atoms with Crippen molar-refractivity contribution in [3.05, 3.63) is 60.8 Å². The SMILES string of the molecule is C/C=C/CC/C=C/CC/C=C/C(O)C(COC1OC(CO)C(O)C(O)C1O)NC(=O)CCCCCCC/C=C\CCCCOC(=O)CCCCCCC/C=C\CCCCCC. The van der Waals surface area contributed by atoms with Crippen molar-refractivity contribution in [3.8, 4) is 0 Å². The van der Waals surface area contributed by atoms with Gasteiger partial charge in [0.25, 0.3) is 0 Å². The Balaban J connectivity index is 2.21. The number of hydrogen-bond acceptors (Lipinski definition) is 10. The Hall–Kier alpha value is -2.64. The third-order valence-corrected chi connectivity index (χ3v) is 10.9. The van der Waals surface area contributed by atoms with Crippen molar-refractivity contribution in [1.29, 1.82) is 0 Å². The summed E-state index contributed by atoms with van der Waals surface area (Å²) in [5.74, 6) is -0.302. The molecule has 0 spiro atoms. The lowest BCUT2D eigenvalue weighted by atomic mass is 9.99. The average Bonchev–Trinajstić information content (AvgIpc) is 3.25. The lowest BCUT2D eigenvalue weighted by Crippen LogP contribution is -2.60. The molecule has 11 nitrogen and oxygen atoms in total. The third-order valence-electron chi connectivity index (χ3n) is 10.9. The molecule has 1 aliphatic rings. The van der Waals surface area contributed by atoms with Gasteiger partial charge in [-0.05, 0) is 103 Å². The van der Waals surface area contributed by atoms with Gasteiger partial charge in [-0.25, -0.2) is 0 Å². The minimum atomic E-state index is -1.59. The zero-order valence-corrected chi connectivity index (χ0v) is 38.1. The van der Waals surface area contributed by atoms with Crippen LogP contribution in [0.3, 0.4) is 0 Å². The zero-order chi connectivity index (χ0) is 44.6. The maximum Gasteiger partial charge on any atom is 0.305 e. The fraction of sp³-hybridized carbons (Fsp3) is 0.760. The second kappa shape index (κ2) is 40.2. The molecule has 0 aromatic heterocycles. The van der Waals surface area contributed by atoms with E-state index in [4.69, 9.17) is 14.2 Å². The number of carbonyl (C=O) groups excluding carboxylic acids is 2. The minimum absolute atomic E-state index is 0.0706. The number of nitrogens with one attached hydrogen (secondary N) is 1. The summed E-state index contributed by atoms with van der Waals surface area (Å²) in [5, 5.41) is 53.9. The highest BCUT2D eigenvalue weighted by atomic mass is 16.7. The van der Waals surface area contributed by atoms with Crippen molar-refractivity contribution in [2.24, 2.45) is 0 Å². The van der Waals surface area contributed by atoms with Gasteiger partial charge in [0.05, 0.1) is 32.0 Å². The summed E-state index contributed by atoms with van der Waals surface area (Å²) in [4.78, 5) is 24.9. The van der Waals surface area contributed by atoms with Gasteiger partial charge in [-0.15, -0.1) is 0 Å².